The Balaban J connectivity index is 2.30. The van der Waals surface area contributed by atoms with Gasteiger partial charge in [0, 0.05) is 16.9 Å². The molecule has 0 radical (unpaired) electrons. The highest BCUT2D eigenvalue weighted by atomic mass is 35.5. The standard InChI is InChI=1S/C13H15ClN2O/c1-13(2,3)12-15-11(17-16-12)10-6-4-9(8-14)5-7-10/h4-7H,8H2,1-3H3. The van der Waals surface area contributed by atoms with Gasteiger partial charge in [-0.15, -0.1) is 11.6 Å². The topological polar surface area (TPSA) is 38.9 Å². The van der Waals surface area contributed by atoms with Gasteiger partial charge in [0.25, 0.3) is 5.89 Å². The van der Waals surface area contributed by atoms with Crippen LogP contribution in [0.2, 0.25) is 0 Å². The van der Waals surface area contributed by atoms with Gasteiger partial charge in [-0.25, -0.2) is 0 Å². The lowest BCUT2D eigenvalue weighted by Gasteiger charge is -2.10. The Morgan fingerprint density at radius 2 is 1.82 bits per heavy atom. The molecule has 0 saturated heterocycles. The zero-order valence-electron chi connectivity index (χ0n) is 10.2. The Hall–Kier alpha value is -1.35. The summed E-state index contributed by atoms with van der Waals surface area (Å²) in [6.07, 6.45) is 0. The first-order valence-electron chi connectivity index (χ1n) is 5.50. The summed E-state index contributed by atoms with van der Waals surface area (Å²) in [6.45, 7) is 6.16. The predicted octanol–water partition coefficient (Wildman–Crippen LogP) is 3.77. The lowest BCUT2D eigenvalue weighted by Crippen LogP contribution is -2.13. The summed E-state index contributed by atoms with van der Waals surface area (Å²) in [7, 11) is 0. The van der Waals surface area contributed by atoms with Crippen LogP contribution in [0.15, 0.2) is 28.8 Å². The quantitative estimate of drug-likeness (QED) is 0.762. The van der Waals surface area contributed by atoms with Crippen LogP contribution in [0.4, 0.5) is 0 Å². The van der Waals surface area contributed by atoms with Crippen LogP contribution in [0.3, 0.4) is 0 Å². The number of hydrogen-bond acceptors (Lipinski definition) is 3. The molecule has 0 saturated carbocycles. The molecule has 0 spiro atoms. The van der Waals surface area contributed by atoms with Gasteiger partial charge in [-0.05, 0) is 17.7 Å². The Morgan fingerprint density at radius 1 is 1.18 bits per heavy atom. The van der Waals surface area contributed by atoms with Crippen molar-refractivity contribution in [2.75, 3.05) is 0 Å². The second kappa shape index (κ2) is 4.49. The van der Waals surface area contributed by atoms with Crippen LogP contribution < -0.4 is 0 Å². The summed E-state index contributed by atoms with van der Waals surface area (Å²) >= 11 is 5.74. The Labute approximate surface area is 106 Å². The molecule has 90 valence electrons. The van der Waals surface area contributed by atoms with Gasteiger partial charge in [-0.2, -0.15) is 4.98 Å². The number of halogens is 1. The highest BCUT2D eigenvalue weighted by Crippen LogP contribution is 2.23. The molecule has 1 aromatic heterocycles. The van der Waals surface area contributed by atoms with Gasteiger partial charge in [0.2, 0.25) is 0 Å². The SMILES string of the molecule is CC(C)(C)c1noc(-c2ccc(CCl)cc2)n1. The molecule has 3 nitrogen and oxygen atoms in total. The fourth-order valence-corrected chi connectivity index (χ4v) is 1.56. The highest BCUT2D eigenvalue weighted by Gasteiger charge is 2.21. The van der Waals surface area contributed by atoms with E-state index in [9.17, 15) is 0 Å². The van der Waals surface area contributed by atoms with Crippen molar-refractivity contribution in [1.82, 2.24) is 10.1 Å². The largest absolute Gasteiger partial charge is 0.334 e. The predicted molar refractivity (Wildman–Crippen MR) is 68.0 cm³/mol. The first-order chi connectivity index (χ1) is 8.00. The maximum absolute atomic E-state index is 5.74. The summed E-state index contributed by atoms with van der Waals surface area (Å²) in [5.74, 6) is 1.78. The van der Waals surface area contributed by atoms with Crippen LogP contribution in [0, 0.1) is 0 Å². The van der Waals surface area contributed by atoms with E-state index >= 15 is 0 Å². The maximum atomic E-state index is 5.74. The van der Waals surface area contributed by atoms with Gasteiger partial charge < -0.3 is 4.52 Å². The van der Waals surface area contributed by atoms with Gasteiger partial charge in [-0.3, -0.25) is 0 Å². The third-order valence-electron chi connectivity index (χ3n) is 2.45. The fourth-order valence-electron chi connectivity index (χ4n) is 1.38. The summed E-state index contributed by atoms with van der Waals surface area (Å²) < 4.78 is 5.26. The van der Waals surface area contributed by atoms with Crippen molar-refractivity contribution in [3.63, 3.8) is 0 Å². The van der Waals surface area contributed by atoms with Crippen LogP contribution in [-0.2, 0) is 11.3 Å². The van der Waals surface area contributed by atoms with E-state index in [2.05, 4.69) is 30.9 Å². The highest BCUT2D eigenvalue weighted by molar-refractivity contribution is 6.17. The van der Waals surface area contributed by atoms with E-state index in [0.29, 0.717) is 17.6 Å². The minimum absolute atomic E-state index is 0.0994. The van der Waals surface area contributed by atoms with E-state index in [1.165, 1.54) is 0 Å². The van der Waals surface area contributed by atoms with Crippen LogP contribution in [0.25, 0.3) is 11.5 Å². The molecular weight excluding hydrogens is 236 g/mol. The molecular formula is C13H15ClN2O. The van der Waals surface area contributed by atoms with Crippen molar-refractivity contribution >= 4 is 11.6 Å². The lowest BCUT2D eigenvalue weighted by atomic mass is 9.96. The molecule has 0 N–H and O–H groups in total. The third-order valence-corrected chi connectivity index (χ3v) is 2.76. The fraction of sp³-hybridized carbons (Fsp3) is 0.385. The number of hydrogen-bond donors (Lipinski definition) is 0. The summed E-state index contributed by atoms with van der Waals surface area (Å²) in [4.78, 5) is 4.40. The zero-order valence-corrected chi connectivity index (χ0v) is 11.0. The van der Waals surface area contributed by atoms with Crippen LogP contribution in [-0.4, -0.2) is 10.1 Å². The summed E-state index contributed by atoms with van der Waals surface area (Å²) in [6, 6.07) is 7.81. The number of rotatable bonds is 2. The average Bonchev–Trinajstić information content (AvgIpc) is 2.78. The van der Waals surface area contributed by atoms with E-state index in [1.807, 2.05) is 24.3 Å². The van der Waals surface area contributed by atoms with E-state index < -0.39 is 0 Å². The Kier molecular flexibility index (Phi) is 3.20. The van der Waals surface area contributed by atoms with E-state index in [-0.39, 0.29) is 5.41 Å². The number of alkyl halides is 1. The molecule has 1 heterocycles. The first-order valence-corrected chi connectivity index (χ1v) is 6.03. The monoisotopic (exact) mass is 250 g/mol. The Bertz CT molecular complexity index is 497. The van der Waals surface area contributed by atoms with Crippen molar-refractivity contribution in [3.8, 4) is 11.5 Å². The average molecular weight is 251 g/mol. The zero-order chi connectivity index (χ0) is 12.5. The number of aromatic nitrogens is 2. The lowest BCUT2D eigenvalue weighted by molar-refractivity contribution is 0.402. The second-order valence-corrected chi connectivity index (χ2v) is 5.27. The molecule has 17 heavy (non-hydrogen) atoms. The molecule has 0 aliphatic carbocycles. The van der Waals surface area contributed by atoms with E-state index in [1.54, 1.807) is 0 Å². The molecule has 4 heteroatoms. The van der Waals surface area contributed by atoms with Crippen LogP contribution in [0.1, 0.15) is 32.2 Å². The van der Waals surface area contributed by atoms with Crippen molar-refractivity contribution in [2.24, 2.45) is 0 Å². The molecule has 2 rings (SSSR count). The van der Waals surface area contributed by atoms with Gasteiger partial charge in [0.1, 0.15) is 0 Å². The minimum atomic E-state index is -0.0994. The van der Waals surface area contributed by atoms with Gasteiger partial charge in [0.05, 0.1) is 0 Å². The molecule has 0 amide bonds. The van der Waals surface area contributed by atoms with Crippen molar-refractivity contribution in [1.29, 1.82) is 0 Å². The first kappa shape index (κ1) is 12.1. The van der Waals surface area contributed by atoms with E-state index in [0.717, 1.165) is 11.1 Å². The molecule has 0 unspecified atom stereocenters. The molecule has 0 aliphatic rings. The van der Waals surface area contributed by atoms with Crippen molar-refractivity contribution < 1.29 is 4.52 Å². The summed E-state index contributed by atoms with van der Waals surface area (Å²) in [5, 5.41) is 3.99. The van der Waals surface area contributed by atoms with Gasteiger partial charge in [0.15, 0.2) is 5.82 Å². The molecule has 0 fully saturated rings. The molecule has 0 atom stereocenters. The third kappa shape index (κ3) is 2.67. The van der Waals surface area contributed by atoms with Crippen molar-refractivity contribution in [3.05, 3.63) is 35.7 Å². The van der Waals surface area contributed by atoms with Gasteiger partial charge >= 0.3 is 0 Å². The molecule has 0 aliphatic heterocycles. The molecule has 1 aromatic carbocycles. The maximum Gasteiger partial charge on any atom is 0.257 e. The molecule has 2 aromatic rings. The van der Waals surface area contributed by atoms with Gasteiger partial charge in [-0.1, -0.05) is 38.1 Å². The second-order valence-electron chi connectivity index (χ2n) is 5.00. The molecule has 0 bridgehead atoms. The normalized spacial score (nSPS) is 11.8. The minimum Gasteiger partial charge on any atom is -0.334 e. The number of nitrogens with zero attached hydrogens (tertiary/aromatic N) is 2. The Morgan fingerprint density at radius 3 is 2.29 bits per heavy atom. The smallest absolute Gasteiger partial charge is 0.257 e. The summed E-state index contributed by atoms with van der Waals surface area (Å²) in [5.41, 5.74) is 1.89. The van der Waals surface area contributed by atoms with Crippen LogP contribution >= 0.6 is 11.6 Å². The van der Waals surface area contributed by atoms with E-state index in [4.69, 9.17) is 16.1 Å². The van der Waals surface area contributed by atoms with Crippen LogP contribution in [0.5, 0.6) is 0 Å². The van der Waals surface area contributed by atoms with Crippen molar-refractivity contribution in [2.45, 2.75) is 32.1 Å². The number of benzene rings is 1.